The zero-order valence-corrected chi connectivity index (χ0v) is 18.3. The Balaban J connectivity index is 1.56. The second kappa shape index (κ2) is 10.2. The lowest BCUT2D eigenvalue weighted by Crippen LogP contribution is -2.46. The predicted octanol–water partition coefficient (Wildman–Crippen LogP) is 3.49. The van der Waals surface area contributed by atoms with Crippen LogP contribution in [0.25, 0.3) is 0 Å². The van der Waals surface area contributed by atoms with Gasteiger partial charge in [-0.05, 0) is 54.9 Å². The van der Waals surface area contributed by atoms with Crippen molar-refractivity contribution in [3.63, 3.8) is 0 Å². The van der Waals surface area contributed by atoms with Crippen LogP contribution in [0.3, 0.4) is 0 Å². The Morgan fingerprint density at radius 2 is 1.77 bits per heavy atom. The van der Waals surface area contributed by atoms with E-state index in [9.17, 15) is 14.4 Å². The fourth-order valence-electron chi connectivity index (χ4n) is 3.91. The highest BCUT2D eigenvalue weighted by Gasteiger charge is 2.28. The molecule has 1 aliphatic rings. The van der Waals surface area contributed by atoms with Gasteiger partial charge in [0.15, 0.2) is 6.61 Å². The van der Waals surface area contributed by atoms with Crippen LogP contribution in [0, 0.1) is 12.8 Å². The zero-order valence-electron chi connectivity index (χ0n) is 18.3. The lowest BCUT2D eigenvalue weighted by atomic mass is 9.88. The highest BCUT2D eigenvalue weighted by molar-refractivity contribution is 5.98. The molecule has 0 saturated heterocycles. The van der Waals surface area contributed by atoms with E-state index in [4.69, 9.17) is 4.74 Å². The highest BCUT2D eigenvalue weighted by Crippen LogP contribution is 2.29. The number of esters is 1. The summed E-state index contributed by atoms with van der Waals surface area (Å²) in [5.74, 6) is -1.48. The van der Waals surface area contributed by atoms with Crippen LogP contribution in [0.2, 0.25) is 0 Å². The number of amides is 2. The number of aryl methyl sites for hydroxylation is 2. The summed E-state index contributed by atoms with van der Waals surface area (Å²) in [4.78, 5) is 37.6. The van der Waals surface area contributed by atoms with E-state index in [-0.39, 0.29) is 30.4 Å². The second-order valence-electron chi connectivity index (χ2n) is 8.33. The summed E-state index contributed by atoms with van der Waals surface area (Å²) in [6.45, 7) is 5.11. The molecule has 3 rings (SSSR count). The molecule has 1 aliphatic carbocycles. The molecule has 2 aromatic carbocycles. The molecule has 2 atom stereocenters. The zero-order chi connectivity index (χ0) is 22.4. The van der Waals surface area contributed by atoms with Crippen LogP contribution in [0.5, 0.6) is 0 Å². The molecule has 0 aliphatic heterocycles. The number of ether oxygens (including phenoxy) is 1. The van der Waals surface area contributed by atoms with Crippen LogP contribution in [0.1, 0.15) is 59.8 Å². The Bertz CT molecular complexity index is 954. The maximum atomic E-state index is 12.6. The van der Waals surface area contributed by atoms with Crippen molar-refractivity contribution in [2.45, 2.75) is 52.1 Å². The molecule has 0 aromatic heterocycles. The molecule has 0 unspecified atom stereocenters. The molecule has 0 radical (unpaired) electrons. The maximum Gasteiger partial charge on any atom is 0.329 e. The van der Waals surface area contributed by atoms with Gasteiger partial charge in [-0.2, -0.15) is 0 Å². The number of hydrogen-bond donors (Lipinski definition) is 2. The Kier molecular flexibility index (Phi) is 7.45. The average molecular weight is 423 g/mol. The predicted molar refractivity (Wildman–Crippen MR) is 118 cm³/mol. The topological polar surface area (TPSA) is 84.5 Å². The van der Waals surface area contributed by atoms with E-state index in [2.05, 4.69) is 16.7 Å². The van der Waals surface area contributed by atoms with Crippen molar-refractivity contribution in [1.29, 1.82) is 0 Å². The maximum absolute atomic E-state index is 12.6. The van der Waals surface area contributed by atoms with Crippen LogP contribution in [-0.4, -0.2) is 30.4 Å². The summed E-state index contributed by atoms with van der Waals surface area (Å²) >= 11 is 0. The lowest BCUT2D eigenvalue weighted by molar-refractivity contribution is -0.151. The Morgan fingerprint density at radius 3 is 2.52 bits per heavy atom. The summed E-state index contributed by atoms with van der Waals surface area (Å²) in [5, 5.41) is 5.72. The summed E-state index contributed by atoms with van der Waals surface area (Å²) in [7, 11) is 0. The monoisotopic (exact) mass is 422 g/mol. The number of rotatable bonds is 7. The van der Waals surface area contributed by atoms with E-state index in [1.165, 1.54) is 5.56 Å². The third-order valence-electron chi connectivity index (χ3n) is 5.65. The molecule has 0 heterocycles. The molecular weight excluding hydrogens is 392 g/mol. The molecule has 6 heteroatoms. The first-order chi connectivity index (χ1) is 14.9. The van der Waals surface area contributed by atoms with E-state index in [1.54, 1.807) is 12.1 Å². The van der Waals surface area contributed by atoms with Crippen molar-refractivity contribution >= 4 is 17.8 Å². The van der Waals surface area contributed by atoms with Crippen LogP contribution in [-0.2, 0) is 20.7 Å². The Hall–Kier alpha value is -3.15. The molecule has 31 heavy (non-hydrogen) atoms. The van der Waals surface area contributed by atoms with E-state index < -0.39 is 12.0 Å². The summed E-state index contributed by atoms with van der Waals surface area (Å²) < 4.78 is 5.26. The van der Waals surface area contributed by atoms with Gasteiger partial charge >= 0.3 is 5.97 Å². The van der Waals surface area contributed by atoms with Crippen molar-refractivity contribution in [2.24, 2.45) is 5.92 Å². The number of hydrogen-bond acceptors (Lipinski definition) is 4. The van der Waals surface area contributed by atoms with Gasteiger partial charge in [0, 0.05) is 5.56 Å². The SMILES string of the molecule is Cc1ccccc1C(=O)N[C@H](C(=O)OCC(=O)N[C@H]1CCCc2ccccc21)C(C)C. The molecule has 2 N–H and O–H groups in total. The standard InChI is InChI=1S/C25H30N2O4/c1-16(2)23(27-24(29)19-12-6-4-9-17(19)3)25(30)31-15-22(28)26-21-14-8-11-18-10-5-7-13-20(18)21/h4-7,9-10,12-13,16,21,23H,8,11,14-15H2,1-3H3,(H,26,28)(H,27,29)/t21-,23-/m0/s1. The number of carbonyl (C=O) groups excluding carboxylic acids is 3. The highest BCUT2D eigenvalue weighted by atomic mass is 16.5. The number of carbonyl (C=O) groups is 3. The van der Waals surface area contributed by atoms with Gasteiger partial charge in [0.05, 0.1) is 6.04 Å². The average Bonchev–Trinajstić information content (AvgIpc) is 2.76. The van der Waals surface area contributed by atoms with E-state index in [0.29, 0.717) is 5.56 Å². The summed E-state index contributed by atoms with van der Waals surface area (Å²) in [6.07, 6.45) is 2.87. The van der Waals surface area contributed by atoms with Crippen molar-refractivity contribution < 1.29 is 19.1 Å². The van der Waals surface area contributed by atoms with Gasteiger partial charge in [0.1, 0.15) is 6.04 Å². The van der Waals surface area contributed by atoms with Crippen molar-refractivity contribution in [3.8, 4) is 0 Å². The van der Waals surface area contributed by atoms with Gasteiger partial charge in [0.2, 0.25) is 0 Å². The van der Waals surface area contributed by atoms with Gasteiger partial charge in [-0.1, -0.05) is 56.3 Å². The molecule has 2 amide bonds. The number of nitrogens with one attached hydrogen (secondary N) is 2. The second-order valence-corrected chi connectivity index (χ2v) is 8.33. The van der Waals surface area contributed by atoms with Gasteiger partial charge in [-0.15, -0.1) is 0 Å². The molecule has 0 bridgehead atoms. The Labute approximate surface area is 183 Å². The van der Waals surface area contributed by atoms with E-state index in [0.717, 1.165) is 30.4 Å². The quantitative estimate of drug-likeness (QED) is 0.669. The third kappa shape index (κ3) is 5.72. The van der Waals surface area contributed by atoms with Crippen LogP contribution >= 0.6 is 0 Å². The van der Waals surface area contributed by atoms with Gasteiger partial charge in [-0.3, -0.25) is 9.59 Å². The minimum Gasteiger partial charge on any atom is -0.454 e. The fourth-order valence-corrected chi connectivity index (χ4v) is 3.91. The first-order valence-corrected chi connectivity index (χ1v) is 10.8. The molecule has 6 nitrogen and oxygen atoms in total. The minimum atomic E-state index is -0.838. The Morgan fingerprint density at radius 1 is 1.06 bits per heavy atom. The van der Waals surface area contributed by atoms with Crippen molar-refractivity contribution in [3.05, 3.63) is 70.8 Å². The molecule has 0 fully saturated rings. The van der Waals surface area contributed by atoms with E-state index in [1.807, 2.05) is 51.1 Å². The van der Waals surface area contributed by atoms with Gasteiger partial charge in [-0.25, -0.2) is 4.79 Å². The first kappa shape index (κ1) is 22.5. The fraction of sp³-hybridized carbons (Fsp3) is 0.400. The minimum absolute atomic E-state index is 0.0715. The number of fused-ring (bicyclic) bond motifs is 1. The molecule has 0 saturated carbocycles. The largest absolute Gasteiger partial charge is 0.454 e. The summed E-state index contributed by atoms with van der Waals surface area (Å²) in [6, 6.07) is 14.3. The molecule has 2 aromatic rings. The lowest BCUT2D eigenvalue weighted by Gasteiger charge is -2.26. The smallest absolute Gasteiger partial charge is 0.329 e. The van der Waals surface area contributed by atoms with Crippen LogP contribution < -0.4 is 10.6 Å². The van der Waals surface area contributed by atoms with Gasteiger partial charge in [0.25, 0.3) is 11.8 Å². The van der Waals surface area contributed by atoms with Crippen molar-refractivity contribution in [2.75, 3.05) is 6.61 Å². The third-order valence-corrected chi connectivity index (χ3v) is 5.65. The van der Waals surface area contributed by atoms with E-state index >= 15 is 0 Å². The molecule has 0 spiro atoms. The molecule has 164 valence electrons. The summed E-state index contributed by atoms with van der Waals surface area (Å²) in [5.41, 5.74) is 3.70. The van der Waals surface area contributed by atoms with Crippen LogP contribution in [0.4, 0.5) is 0 Å². The molecular formula is C25H30N2O4. The van der Waals surface area contributed by atoms with Crippen LogP contribution in [0.15, 0.2) is 48.5 Å². The van der Waals surface area contributed by atoms with Crippen molar-refractivity contribution in [1.82, 2.24) is 10.6 Å². The van der Waals surface area contributed by atoms with Gasteiger partial charge < -0.3 is 15.4 Å². The number of benzene rings is 2. The normalized spacial score (nSPS) is 16.2. The first-order valence-electron chi connectivity index (χ1n) is 10.8.